The summed E-state index contributed by atoms with van der Waals surface area (Å²) < 4.78 is 9.82. The fourth-order valence-corrected chi connectivity index (χ4v) is 4.64. The van der Waals surface area contributed by atoms with Gasteiger partial charge in [-0.3, -0.25) is 19.3 Å². The average molecular weight is 470 g/mol. The number of nitrogens with one attached hydrogen (secondary N) is 1. The van der Waals surface area contributed by atoms with Crippen molar-refractivity contribution in [3.63, 3.8) is 0 Å². The zero-order chi connectivity index (χ0) is 22.7. The molecule has 2 amide bonds. The Bertz CT molecular complexity index is 976. The summed E-state index contributed by atoms with van der Waals surface area (Å²) in [6.07, 6.45) is 0.430. The highest BCUT2D eigenvalue weighted by Crippen LogP contribution is 2.38. The number of anilines is 1. The third-order valence-corrected chi connectivity index (χ3v) is 5.97. The first-order valence-electron chi connectivity index (χ1n) is 8.89. The molecule has 3 atom stereocenters. The van der Waals surface area contributed by atoms with Gasteiger partial charge in [-0.2, -0.15) is 0 Å². The van der Waals surface area contributed by atoms with Crippen LogP contribution in [0.3, 0.4) is 0 Å². The predicted molar refractivity (Wildman–Crippen MR) is 110 cm³/mol. The molecule has 3 N–H and O–H groups in total. The summed E-state index contributed by atoms with van der Waals surface area (Å²) in [5.41, 5.74) is 5.71. The number of nitrogen functional groups attached to an aromatic ring is 1. The lowest BCUT2D eigenvalue weighted by Gasteiger charge is -2.48. The molecule has 0 radical (unpaired) electrons. The minimum absolute atomic E-state index is 0.0244. The third kappa shape index (κ3) is 4.80. The second kappa shape index (κ2) is 9.34. The van der Waals surface area contributed by atoms with Gasteiger partial charge in [0, 0.05) is 25.0 Å². The van der Waals surface area contributed by atoms with Crippen LogP contribution in [0.4, 0.5) is 5.13 Å². The highest BCUT2D eigenvalue weighted by molar-refractivity contribution is 8.00. The largest absolute Gasteiger partial charge is 0.426 e. The van der Waals surface area contributed by atoms with Gasteiger partial charge in [0.25, 0.3) is 11.8 Å². The van der Waals surface area contributed by atoms with Crippen molar-refractivity contribution in [3.8, 4) is 0 Å². The molecule has 0 bridgehead atoms. The number of ether oxygens (including phenoxy) is 2. The van der Waals surface area contributed by atoms with Crippen LogP contribution in [0.25, 0.3) is 0 Å². The fourth-order valence-electron chi connectivity index (χ4n) is 2.90. The predicted octanol–water partition coefficient (Wildman–Crippen LogP) is -0.188. The van der Waals surface area contributed by atoms with Crippen molar-refractivity contribution >= 4 is 57.7 Å². The number of β-lactam (4-membered cyclic amide) rings is 1. The monoisotopic (exact) mass is 469 g/mol. The number of hydrogen-bond donors (Lipinski definition) is 2. The summed E-state index contributed by atoms with van der Waals surface area (Å²) in [7, 11) is 1.27. The number of nitrogens with zero attached hydrogens (tertiary/aromatic N) is 3. The molecule has 0 aromatic carbocycles. The Morgan fingerprint density at radius 3 is 2.74 bits per heavy atom. The minimum atomic E-state index is -1.11. The first-order chi connectivity index (χ1) is 14.7. The maximum absolute atomic E-state index is 12.7. The second-order valence-electron chi connectivity index (χ2n) is 6.25. The summed E-state index contributed by atoms with van der Waals surface area (Å²) in [6.45, 7) is 2.57. The van der Waals surface area contributed by atoms with Crippen molar-refractivity contribution < 1.29 is 33.5 Å². The van der Waals surface area contributed by atoms with Crippen LogP contribution < -0.4 is 11.1 Å². The lowest BCUT2D eigenvalue weighted by molar-refractivity contribution is -0.182. The van der Waals surface area contributed by atoms with E-state index < -0.39 is 41.5 Å². The topological polar surface area (TPSA) is 163 Å². The van der Waals surface area contributed by atoms with Gasteiger partial charge in [0.1, 0.15) is 29.9 Å². The molecular weight excluding hydrogens is 450 g/mol. The van der Waals surface area contributed by atoms with Crippen molar-refractivity contribution in [2.45, 2.75) is 31.6 Å². The van der Waals surface area contributed by atoms with Gasteiger partial charge < -0.3 is 25.4 Å². The minimum Gasteiger partial charge on any atom is -0.426 e. The summed E-state index contributed by atoms with van der Waals surface area (Å²) in [6, 6.07) is -0.891. The molecule has 0 aliphatic carbocycles. The van der Waals surface area contributed by atoms with Crippen LogP contribution in [0.1, 0.15) is 19.5 Å². The molecule has 1 aromatic rings. The Kier molecular flexibility index (Phi) is 6.80. The van der Waals surface area contributed by atoms with E-state index >= 15 is 0 Å². The molecule has 14 heteroatoms. The van der Waals surface area contributed by atoms with E-state index in [-0.39, 0.29) is 22.2 Å². The van der Waals surface area contributed by atoms with Crippen LogP contribution in [0, 0.1) is 0 Å². The molecule has 3 heterocycles. The number of fused-ring (bicyclic) bond motifs is 1. The molecular formula is C17H19N5O7S2. The quantitative estimate of drug-likeness (QED) is 0.180. The summed E-state index contributed by atoms with van der Waals surface area (Å²) in [5.74, 6) is -2.17. The molecule has 166 valence electrons. The van der Waals surface area contributed by atoms with E-state index in [0.717, 1.165) is 11.3 Å². The van der Waals surface area contributed by atoms with Gasteiger partial charge >= 0.3 is 11.9 Å². The van der Waals surface area contributed by atoms with Gasteiger partial charge in [-0.15, -0.1) is 23.1 Å². The molecule has 1 unspecified atom stereocenters. The van der Waals surface area contributed by atoms with Gasteiger partial charge in [0.05, 0.1) is 0 Å². The van der Waals surface area contributed by atoms with E-state index in [0.29, 0.717) is 5.75 Å². The number of carbonyl (C=O) groups is 4. The Balaban J connectivity index is 1.68. The average Bonchev–Trinajstić information content (AvgIpc) is 3.14. The SMILES string of the molecule is CO/N=C(\C(=O)N[C@@H]1C(=O)N2C(C(=O)OC(C)OC(C)=O)=CCS[C@H]12)c1csc(N)n1. The number of nitrogens with two attached hydrogens (primary N) is 1. The Hall–Kier alpha value is -3.13. The molecule has 0 saturated carbocycles. The van der Waals surface area contributed by atoms with Crippen molar-refractivity contribution in [2.24, 2.45) is 5.16 Å². The van der Waals surface area contributed by atoms with Gasteiger partial charge in [-0.05, 0) is 6.08 Å². The van der Waals surface area contributed by atoms with Gasteiger partial charge in [0.2, 0.25) is 6.29 Å². The zero-order valence-electron chi connectivity index (χ0n) is 16.7. The maximum Gasteiger partial charge on any atom is 0.357 e. The maximum atomic E-state index is 12.7. The number of oxime groups is 1. The normalized spacial score (nSPS) is 21.3. The second-order valence-corrected chi connectivity index (χ2v) is 8.29. The van der Waals surface area contributed by atoms with E-state index in [1.165, 1.54) is 49.1 Å². The molecule has 12 nitrogen and oxygen atoms in total. The van der Waals surface area contributed by atoms with E-state index in [4.69, 9.17) is 20.0 Å². The van der Waals surface area contributed by atoms with E-state index in [1.54, 1.807) is 0 Å². The third-order valence-electron chi connectivity index (χ3n) is 4.11. The van der Waals surface area contributed by atoms with Crippen molar-refractivity contribution in [3.05, 3.63) is 22.8 Å². The highest BCUT2D eigenvalue weighted by Gasteiger charge is 2.53. The van der Waals surface area contributed by atoms with E-state index in [1.807, 2.05) is 0 Å². The van der Waals surface area contributed by atoms with Gasteiger partial charge in [-0.25, -0.2) is 9.78 Å². The smallest absolute Gasteiger partial charge is 0.357 e. The summed E-state index contributed by atoms with van der Waals surface area (Å²) in [5, 5.41) is 7.55. The number of thiazole rings is 1. The molecule has 2 aliphatic heterocycles. The number of carbonyl (C=O) groups excluding carboxylic acids is 4. The molecule has 3 rings (SSSR count). The van der Waals surface area contributed by atoms with Gasteiger partial charge in [0.15, 0.2) is 10.8 Å². The van der Waals surface area contributed by atoms with Crippen LogP contribution in [-0.4, -0.2) is 69.9 Å². The number of esters is 2. The van der Waals surface area contributed by atoms with Crippen LogP contribution in [0.15, 0.2) is 22.3 Å². The lowest BCUT2D eigenvalue weighted by atomic mass is 10.0. The Labute approximate surface area is 184 Å². The number of hydrogen-bond acceptors (Lipinski definition) is 12. The highest BCUT2D eigenvalue weighted by atomic mass is 32.2. The number of aromatic nitrogens is 1. The zero-order valence-corrected chi connectivity index (χ0v) is 18.3. The van der Waals surface area contributed by atoms with Crippen molar-refractivity contribution in [1.29, 1.82) is 0 Å². The van der Waals surface area contributed by atoms with Crippen molar-refractivity contribution in [2.75, 3.05) is 18.6 Å². The molecule has 0 spiro atoms. The van der Waals surface area contributed by atoms with Crippen LogP contribution >= 0.6 is 23.1 Å². The first-order valence-corrected chi connectivity index (χ1v) is 10.8. The van der Waals surface area contributed by atoms with E-state index in [2.05, 4.69) is 15.5 Å². The molecule has 1 aromatic heterocycles. The van der Waals surface area contributed by atoms with Gasteiger partial charge in [-0.1, -0.05) is 5.16 Å². The van der Waals surface area contributed by atoms with Crippen molar-refractivity contribution in [1.82, 2.24) is 15.2 Å². The van der Waals surface area contributed by atoms with Crippen LogP contribution in [0.2, 0.25) is 0 Å². The number of rotatable bonds is 7. The number of thioether (sulfide) groups is 1. The fraction of sp³-hybridized carbons (Fsp3) is 0.412. The first kappa shape index (κ1) is 22.6. The van der Waals surface area contributed by atoms with Crippen LogP contribution in [0.5, 0.6) is 0 Å². The Morgan fingerprint density at radius 1 is 1.39 bits per heavy atom. The summed E-state index contributed by atoms with van der Waals surface area (Å²) in [4.78, 5) is 58.7. The molecule has 2 aliphatic rings. The van der Waals surface area contributed by atoms with E-state index in [9.17, 15) is 19.2 Å². The van der Waals surface area contributed by atoms with Crippen LogP contribution in [-0.2, 0) is 33.5 Å². The Morgan fingerprint density at radius 2 is 2.13 bits per heavy atom. The standard InChI is InChI=1S/C17H19N5O7S2/c1-7(23)28-8(2)29-16(26)10-4-5-30-15-12(14(25)22(10)15)20-13(24)11(21-27-3)9-6-31-17(18)19-9/h4,6,8,12,15H,5H2,1-3H3,(H2,18,19)(H,20,24)/b21-11-/t8?,12-,15-/m1/s1. The number of amides is 2. The lowest BCUT2D eigenvalue weighted by Crippen LogP contribution is -2.70. The molecule has 1 saturated heterocycles. The molecule has 1 fully saturated rings. The summed E-state index contributed by atoms with van der Waals surface area (Å²) >= 11 is 2.48. The molecule has 31 heavy (non-hydrogen) atoms.